The van der Waals surface area contributed by atoms with Gasteiger partial charge >= 0.3 is 5.97 Å². The van der Waals surface area contributed by atoms with Crippen molar-refractivity contribution >= 4 is 11.9 Å². The summed E-state index contributed by atoms with van der Waals surface area (Å²) in [4.78, 5) is 23.7. The number of hydrogen-bond acceptors (Lipinski definition) is 6. The lowest BCUT2D eigenvalue weighted by atomic mass is 9.43. The second-order valence-corrected chi connectivity index (χ2v) is 13.2. The highest BCUT2D eigenvalue weighted by atomic mass is 16.4. The van der Waals surface area contributed by atoms with Gasteiger partial charge in [0.1, 0.15) is 0 Å². The van der Waals surface area contributed by atoms with Crippen LogP contribution in [0, 0.1) is 46.3 Å². The fourth-order valence-corrected chi connectivity index (χ4v) is 9.41. The molecule has 36 heavy (non-hydrogen) atoms. The third kappa shape index (κ3) is 4.61. The van der Waals surface area contributed by atoms with Crippen LogP contribution in [0.15, 0.2) is 0 Å². The first-order chi connectivity index (χ1) is 16.8. The summed E-state index contributed by atoms with van der Waals surface area (Å²) >= 11 is 0. The maximum atomic E-state index is 12.4. The number of carbonyl (C=O) groups excluding carboxylic acids is 1. The summed E-state index contributed by atoms with van der Waals surface area (Å²) in [5.41, 5.74) is -0.0332. The SMILES string of the molecule is C[C@H](CCC(=O)N[C@H](C(=O)O)[C@@H](C)O)[C@H]1CC[C@H]2[C@@H]3[C@H](O)[C@H](O)[C@@H]4C[C@H](O)CC[C@]4(C)[C@H]3CC[C@]12C. The van der Waals surface area contributed by atoms with Crippen molar-refractivity contribution in [3.8, 4) is 0 Å². The van der Waals surface area contributed by atoms with Crippen LogP contribution >= 0.6 is 0 Å². The number of amides is 1. The molecule has 0 aromatic rings. The van der Waals surface area contributed by atoms with E-state index in [0.717, 1.165) is 38.5 Å². The van der Waals surface area contributed by atoms with Crippen molar-refractivity contribution in [1.29, 1.82) is 0 Å². The van der Waals surface area contributed by atoms with Gasteiger partial charge in [0.2, 0.25) is 5.91 Å². The maximum Gasteiger partial charge on any atom is 0.328 e. The summed E-state index contributed by atoms with van der Waals surface area (Å²) in [5.74, 6) is -0.292. The van der Waals surface area contributed by atoms with E-state index in [0.29, 0.717) is 30.6 Å². The number of aliphatic hydroxyl groups excluding tert-OH is 4. The maximum absolute atomic E-state index is 12.4. The lowest BCUT2D eigenvalue weighted by molar-refractivity contribution is -0.223. The van der Waals surface area contributed by atoms with Crippen molar-refractivity contribution in [2.75, 3.05) is 0 Å². The summed E-state index contributed by atoms with van der Waals surface area (Å²) < 4.78 is 0. The average molecular weight is 510 g/mol. The molecule has 0 bridgehead atoms. The molecule has 1 amide bonds. The molecular weight excluding hydrogens is 462 g/mol. The van der Waals surface area contributed by atoms with Crippen molar-refractivity contribution < 1.29 is 35.1 Å². The van der Waals surface area contributed by atoms with E-state index >= 15 is 0 Å². The minimum atomic E-state index is -1.30. The van der Waals surface area contributed by atoms with Crippen LogP contribution in [0.25, 0.3) is 0 Å². The Morgan fingerprint density at radius 1 is 0.917 bits per heavy atom. The molecule has 206 valence electrons. The van der Waals surface area contributed by atoms with Gasteiger partial charge in [-0.2, -0.15) is 0 Å². The number of hydrogen-bond donors (Lipinski definition) is 6. The van der Waals surface area contributed by atoms with Crippen LogP contribution in [0.1, 0.15) is 85.5 Å². The molecule has 4 aliphatic rings. The normalized spacial score (nSPS) is 46.6. The Kier molecular flexibility index (Phi) is 7.84. The van der Waals surface area contributed by atoms with E-state index in [1.54, 1.807) is 0 Å². The van der Waals surface area contributed by atoms with E-state index in [1.807, 2.05) is 0 Å². The molecule has 0 radical (unpaired) electrons. The Bertz CT molecular complexity index is 835. The summed E-state index contributed by atoms with van der Waals surface area (Å²) in [7, 11) is 0. The molecule has 0 heterocycles. The van der Waals surface area contributed by atoms with Crippen molar-refractivity contribution in [2.45, 2.75) is 116 Å². The summed E-state index contributed by atoms with van der Waals surface area (Å²) in [5, 5.41) is 54.2. The van der Waals surface area contributed by atoms with Gasteiger partial charge in [0.05, 0.1) is 24.4 Å². The third-order valence-electron chi connectivity index (χ3n) is 11.4. The Labute approximate surface area is 214 Å². The van der Waals surface area contributed by atoms with Crippen LogP contribution in [0.5, 0.6) is 0 Å². The summed E-state index contributed by atoms with van der Waals surface area (Å²) in [6.45, 7) is 8.15. The molecule has 8 heteroatoms. The molecule has 4 saturated carbocycles. The number of carbonyl (C=O) groups is 2. The molecule has 0 aromatic heterocycles. The topological polar surface area (TPSA) is 147 Å². The van der Waals surface area contributed by atoms with Gasteiger partial charge in [0, 0.05) is 6.42 Å². The molecular formula is C28H47NO7. The van der Waals surface area contributed by atoms with E-state index < -0.39 is 36.4 Å². The summed E-state index contributed by atoms with van der Waals surface area (Å²) in [6, 6.07) is -1.30. The quantitative estimate of drug-likeness (QED) is 0.309. The molecule has 13 atom stereocenters. The average Bonchev–Trinajstić information content (AvgIpc) is 3.17. The predicted octanol–water partition coefficient (Wildman–Crippen LogP) is 2.31. The second-order valence-electron chi connectivity index (χ2n) is 13.2. The van der Waals surface area contributed by atoms with E-state index in [-0.39, 0.29) is 40.9 Å². The highest BCUT2D eigenvalue weighted by Gasteiger charge is 2.65. The number of rotatable bonds is 7. The van der Waals surface area contributed by atoms with Gasteiger partial charge < -0.3 is 30.8 Å². The van der Waals surface area contributed by atoms with Crippen molar-refractivity contribution in [3.63, 3.8) is 0 Å². The van der Waals surface area contributed by atoms with Crippen molar-refractivity contribution in [1.82, 2.24) is 5.32 Å². The highest BCUT2D eigenvalue weighted by molar-refractivity contribution is 5.83. The standard InChI is InChI=1S/C28H47NO7/c1-14(5-8-21(32)29-23(15(2)30)26(35)36)17-6-7-18-22-19(10-12-27(17,18)3)28(4)11-9-16(31)13-20(28)24(33)25(22)34/h14-20,22-25,30-31,33-34H,5-13H2,1-4H3,(H,29,32)(H,35,36)/t14-,15-,16-,17-,18+,19+,20+,22+,23+,24-,25+,27-,28-/m1/s1. The van der Waals surface area contributed by atoms with Gasteiger partial charge in [-0.1, -0.05) is 20.8 Å². The Balaban J connectivity index is 1.44. The number of carboxylic acid groups (broad SMARTS) is 1. The van der Waals surface area contributed by atoms with Crippen molar-refractivity contribution in [3.05, 3.63) is 0 Å². The van der Waals surface area contributed by atoms with Crippen LogP contribution in [0.2, 0.25) is 0 Å². The predicted molar refractivity (Wildman–Crippen MR) is 134 cm³/mol. The smallest absolute Gasteiger partial charge is 0.328 e. The van der Waals surface area contributed by atoms with E-state index in [1.165, 1.54) is 6.92 Å². The van der Waals surface area contributed by atoms with Gasteiger partial charge in [-0.25, -0.2) is 4.79 Å². The van der Waals surface area contributed by atoms with Gasteiger partial charge in [-0.15, -0.1) is 0 Å². The van der Waals surface area contributed by atoms with Crippen LogP contribution in [-0.2, 0) is 9.59 Å². The largest absolute Gasteiger partial charge is 0.480 e. The molecule has 4 fully saturated rings. The number of nitrogens with one attached hydrogen (secondary N) is 1. The zero-order chi connectivity index (χ0) is 26.6. The Morgan fingerprint density at radius 3 is 2.19 bits per heavy atom. The van der Waals surface area contributed by atoms with Gasteiger partial charge in [-0.05, 0) is 105 Å². The molecule has 8 nitrogen and oxygen atoms in total. The molecule has 0 aromatic carbocycles. The molecule has 0 aliphatic heterocycles. The van der Waals surface area contributed by atoms with Crippen LogP contribution in [-0.4, -0.2) is 67.9 Å². The van der Waals surface area contributed by atoms with Gasteiger partial charge in [0.15, 0.2) is 6.04 Å². The van der Waals surface area contributed by atoms with Crippen molar-refractivity contribution in [2.24, 2.45) is 46.3 Å². The molecule has 0 spiro atoms. The Hall–Kier alpha value is -1.22. The van der Waals surface area contributed by atoms with E-state index in [2.05, 4.69) is 26.1 Å². The fourth-order valence-electron chi connectivity index (χ4n) is 9.41. The lowest BCUT2D eigenvalue weighted by Gasteiger charge is -2.63. The van der Waals surface area contributed by atoms with Gasteiger partial charge in [-0.3, -0.25) is 4.79 Å². The number of fused-ring (bicyclic) bond motifs is 5. The molecule has 6 N–H and O–H groups in total. The third-order valence-corrected chi connectivity index (χ3v) is 11.4. The molecule has 0 saturated heterocycles. The molecule has 0 unspecified atom stereocenters. The lowest BCUT2D eigenvalue weighted by Crippen LogP contribution is -2.64. The first-order valence-electron chi connectivity index (χ1n) is 14.1. The number of aliphatic hydroxyl groups is 4. The molecule has 4 aliphatic carbocycles. The monoisotopic (exact) mass is 509 g/mol. The van der Waals surface area contributed by atoms with Crippen LogP contribution in [0.4, 0.5) is 0 Å². The molecule has 4 rings (SSSR count). The van der Waals surface area contributed by atoms with E-state index in [9.17, 15) is 35.1 Å². The van der Waals surface area contributed by atoms with Gasteiger partial charge in [0.25, 0.3) is 0 Å². The number of aliphatic carboxylic acids is 1. The second kappa shape index (κ2) is 10.2. The first-order valence-corrected chi connectivity index (χ1v) is 14.1. The number of carboxylic acids is 1. The minimum Gasteiger partial charge on any atom is -0.480 e. The summed E-state index contributed by atoms with van der Waals surface area (Å²) in [6.07, 6.45) is 4.07. The fraction of sp³-hybridized carbons (Fsp3) is 0.929. The van der Waals surface area contributed by atoms with Crippen LogP contribution in [0.3, 0.4) is 0 Å². The zero-order valence-corrected chi connectivity index (χ0v) is 22.3. The zero-order valence-electron chi connectivity index (χ0n) is 22.3. The first kappa shape index (κ1) is 27.8. The van der Waals surface area contributed by atoms with E-state index in [4.69, 9.17) is 0 Å². The Morgan fingerprint density at radius 2 is 1.56 bits per heavy atom. The minimum absolute atomic E-state index is 0.0261. The highest BCUT2D eigenvalue weighted by Crippen LogP contribution is 2.68. The van der Waals surface area contributed by atoms with Crippen LogP contribution < -0.4 is 5.32 Å².